The molecule has 72 valence electrons. The number of anilines is 1. The maximum absolute atomic E-state index is 5.63. The normalized spacial score (nSPS) is 10.6. The van der Waals surface area contributed by atoms with Crippen LogP contribution in [0.15, 0.2) is 40.5 Å². The molecular formula is C10H10N2OS. The van der Waals surface area contributed by atoms with Crippen molar-refractivity contribution >= 4 is 28.5 Å². The fourth-order valence-corrected chi connectivity index (χ4v) is 1.69. The minimum Gasteiger partial charge on any atom is -0.431 e. The van der Waals surface area contributed by atoms with Gasteiger partial charge in [-0.1, -0.05) is 17.8 Å². The number of thioether (sulfide) groups is 1. The maximum atomic E-state index is 5.63. The predicted octanol–water partition coefficient (Wildman–Crippen LogP) is 2.69. The fraction of sp³-hybridized carbons (Fsp3) is 0.100. The molecule has 0 aliphatic carbocycles. The van der Waals surface area contributed by atoms with Gasteiger partial charge in [0.2, 0.25) is 0 Å². The molecule has 0 atom stereocenters. The van der Waals surface area contributed by atoms with Crippen molar-refractivity contribution in [2.24, 2.45) is 0 Å². The summed E-state index contributed by atoms with van der Waals surface area (Å²) in [6.07, 6.45) is 1.81. The van der Waals surface area contributed by atoms with E-state index in [2.05, 4.69) is 11.6 Å². The Morgan fingerprint density at radius 3 is 3.21 bits per heavy atom. The third-order valence-electron chi connectivity index (χ3n) is 1.72. The molecule has 14 heavy (non-hydrogen) atoms. The van der Waals surface area contributed by atoms with Gasteiger partial charge in [-0.3, -0.25) is 0 Å². The van der Waals surface area contributed by atoms with Gasteiger partial charge in [-0.25, -0.2) is 4.98 Å². The molecule has 0 aliphatic rings. The lowest BCUT2D eigenvalue weighted by Crippen LogP contribution is -1.82. The molecule has 0 amide bonds. The zero-order valence-electron chi connectivity index (χ0n) is 7.56. The topological polar surface area (TPSA) is 52.0 Å². The van der Waals surface area contributed by atoms with Crippen molar-refractivity contribution in [2.75, 3.05) is 11.5 Å². The van der Waals surface area contributed by atoms with E-state index in [1.165, 1.54) is 11.8 Å². The summed E-state index contributed by atoms with van der Waals surface area (Å²) < 4.78 is 5.47. The van der Waals surface area contributed by atoms with Gasteiger partial charge in [-0.2, -0.15) is 0 Å². The first-order valence-corrected chi connectivity index (χ1v) is 5.18. The first-order valence-electron chi connectivity index (χ1n) is 4.19. The average Bonchev–Trinajstić information content (AvgIpc) is 2.56. The van der Waals surface area contributed by atoms with Crippen LogP contribution in [0.1, 0.15) is 0 Å². The van der Waals surface area contributed by atoms with E-state index in [1.807, 2.05) is 12.1 Å². The molecular weight excluding hydrogens is 196 g/mol. The van der Waals surface area contributed by atoms with Crippen LogP contribution in [-0.2, 0) is 0 Å². The van der Waals surface area contributed by atoms with Gasteiger partial charge < -0.3 is 10.2 Å². The van der Waals surface area contributed by atoms with Crippen molar-refractivity contribution in [3.8, 4) is 0 Å². The van der Waals surface area contributed by atoms with Gasteiger partial charge in [0.05, 0.1) is 0 Å². The van der Waals surface area contributed by atoms with E-state index < -0.39 is 0 Å². The third kappa shape index (κ3) is 1.75. The first kappa shape index (κ1) is 9.15. The third-order valence-corrected chi connectivity index (χ3v) is 2.54. The molecule has 0 saturated carbocycles. The predicted molar refractivity (Wildman–Crippen MR) is 59.3 cm³/mol. The van der Waals surface area contributed by atoms with Crippen LogP contribution >= 0.6 is 11.8 Å². The Morgan fingerprint density at radius 2 is 2.43 bits per heavy atom. The molecule has 2 rings (SSSR count). The van der Waals surface area contributed by atoms with Gasteiger partial charge in [-0.05, 0) is 18.2 Å². The number of hydrogen-bond donors (Lipinski definition) is 1. The lowest BCUT2D eigenvalue weighted by Gasteiger charge is -1.88. The smallest absolute Gasteiger partial charge is 0.257 e. The second-order valence-electron chi connectivity index (χ2n) is 2.81. The highest BCUT2D eigenvalue weighted by atomic mass is 32.2. The Balaban J connectivity index is 2.36. The maximum Gasteiger partial charge on any atom is 0.257 e. The number of benzene rings is 1. The van der Waals surface area contributed by atoms with E-state index in [1.54, 1.807) is 12.1 Å². The van der Waals surface area contributed by atoms with Crippen molar-refractivity contribution in [3.05, 3.63) is 30.9 Å². The van der Waals surface area contributed by atoms with Crippen LogP contribution in [0.5, 0.6) is 0 Å². The van der Waals surface area contributed by atoms with Crippen molar-refractivity contribution < 1.29 is 4.42 Å². The number of rotatable bonds is 3. The van der Waals surface area contributed by atoms with Crippen molar-refractivity contribution in [1.82, 2.24) is 4.98 Å². The van der Waals surface area contributed by atoms with Gasteiger partial charge in [-0.15, -0.1) is 6.58 Å². The van der Waals surface area contributed by atoms with Gasteiger partial charge in [0.15, 0.2) is 5.58 Å². The quantitative estimate of drug-likeness (QED) is 0.476. The monoisotopic (exact) mass is 206 g/mol. The highest BCUT2D eigenvalue weighted by Crippen LogP contribution is 2.24. The summed E-state index contributed by atoms with van der Waals surface area (Å²) in [5.74, 6) is 0.794. The molecule has 0 unspecified atom stereocenters. The number of oxazole rings is 1. The van der Waals surface area contributed by atoms with E-state index in [0.717, 1.165) is 16.9 Å². The lowest BCUT2D eigenvalue weighted by molar-refractivity contribution is 0.490. The number of aromatic nitrogens is 1. The van der Waals surface area contributed by atoms with E-state index in [4.69, 9.17) is 10.2 Å². The molecule has 0 bridgehead atoms. The van der Waals surface area contributed by atoms with Gasteiger partial charge in [0, 0.05) is 11.4 Å². The average molecular weight is 206 g/mol. The summed E-state index contributed by atoms with van der Waals surface area (Å²) in [5.41, 5.74) is 7.90. The van der Waals surface area contributed by atoms with Crippen LogP contribution in [0.25, 0.3) is 11.1 Å². The molecule has 1 heterocycles. The molecule has 0 saturated heterocycles. The first-order chi connectivity index (χ1) is 6.79. The summed E-state index contributed by atoms with van der Waals surface area (Å²) in [6, 6.07) is 5.43. The van der Waals surface area contributed by atoms with Gasteiger partial charge in [0.25, 0.3) is 5.22 Å². The molecule has 3 nitrogen and oxygen atoms in total. The van der Waals surface area contributed by atoms with Crippen LogP contribution in [0.3, 0.4) is 0 Å². The Hall–Kier alpha value is -1.42. The summed E-state index contributed by atoms with van der Waals surface area (Å²) >= 11 is 1.52. The highest BCUT2D eigenvalue weighted by Gasteiger charge is 2.04. The Bertz CT molecular complexity index is 464. The minimum absolute atomic E-state index is 0.658. The molecule has 0 radical (unpaired) electrons. The number of nitrogen functional groups attached to an aromatic ring is 1. The Kier molecular flexibility index (Phi) is 2.45. The van der Waals surface area contributed by atoms with Crippen LogP contribution in [-0.4, -0.2) is 10.7 Å². The number of nitrogens with two attached hydrogens (primary N) is 1. The second-order valence-corrected chi connectivity index (χ2v) is 3.78. The Labute approximate surface area is 86.0 Å². The van der Waals surface area contributed by atoms with E-state index in [0.29, 0.717) is 10.9 Å². The number of fused-ring (bicyclic) bond motifs is 1. The SMILES string of the molecule is C=CCSc1nc2cc(N)ccc2o1. The van der Waals surface area contributed by atoms with Gasteiger partial charge >= 0.3 is 0 Å². The number of nitrogens with zero attached hydrogens (tertiary/aromatic N) is 1. The summed E-state index contributed by atoms with van der Waals surface area (Å²) in [5, 5.41) is 0.658. The summed E-state index contributed by atoms with van der Waals surface area (Å²) in [7, 11) is 0. The van der Waals surface area contributed by atoms with E-state index >= 15 is 0 Å². The zero-order chi connectivity index (χ0) is 9.97. The second kappa shape index (κ2) is 3.75. The molecule has 2 N–H and O–H groups in total. The van der Waals surface area contributed by atoms with Crippen LogP contribution in [0.2, 0.25) is 0 Å². The van der Waals surface area contributed by atoms with Gasteiger partial charge in [0.1, 0.15) is 5.52 Å². The largest absolute Gasteiger partial charge is 0.431 e. The van der Waals surface area contributed by atoms with Crippen LogP contribution < -0.4 is 5.73 Å². The fourth-order valence-electron chi connectivity index (χ4n) is 1.12. The number of hydrogen-bond acceptors (Lipinski definition) is 4. The molecule has 2 aromatic rings. The molecule has 1 aromatic carbocycles. The lowest BCUT2D eigenvalue weighted by atomic mass is 10.3. The molecule has 1 aromatic heterocycles. The molecule has 0 aliphatic heterocycles. The van der Waals surface area contributed by atoms with Crippen LogP contribution in [0, 0.1) is 0 Å². The van der Waals surface area contributed by atoms with Crippen molar-refractivity contribution in [2.45, 2.75) is 5.22 Å². The van der Waals surface area contributed by atoms with E-state index in [-0.39, 0.29) is 0 Å². The summed E-state index contributed by atoms with van der Waals surface area (Å²) in [6.45, 7) is 3.63. The van der Waals surface area contributed by atoms with E-state index in [9.17, 15) is 0 Å². The molecule has 0 spiro atoms. The van der Waals surface area contributed by atoms with Crippen molar-refractivity contribution in [1.29, 1.82) is 0 Å². The summed E-state index contributed by atoms with van der Waals surface area (Å²) in [4.78, 5) is 4.28. The molecule has 4 heteroatoms. The molecule has 0 fully saturated rings. The minimum atomic E-state index is 0.658. The van der Waals surface area contributed by atoms with Crippen LogP contribution in [0.4, 0.5) is 5.69 Å². The Morgan fingerprint density at radius 1 is 1.57 bits per heavy atom. The zero-order valence-corrected chi connectivity index (χ0v) is 8.38. The highest BCUT2D eigenvalue weighted by molar-refractivity contribution is 7.99. The van der Waals surface area contributed by atoms with Crippen molar-refractivity contribution in [3.63, 3.8) is 0 Å². The standard InChI is InChI=1S/C10H10N2OS/c1-2-5-14-10-12-8-6-7(11)3-4-9(8)13-10/h2-4,6H,1,5,11H2.